The summed E-state index contributed by atoms with van der Waals surface area (Å²) in [6.07, 6.45) is 0. The van der Waals surface area contributed by atoms with E-state index < -0.39 is 22.0 Å². The van der Waals surface area contributed by atoms with Crippen molar-refractivity contribution in [2.45, 2.75) is 25.7 Å². The molecule has 0 saturated carbocycles. The van der Waals surface area contributed by atoms with E-state index in [4.69, 9.17) is 4.74 Å². The fourth-order valence-corrected chi connectivity index (χ4v) is 3.63. The first-order chi connectivity index (χ1) is 14.2. The van der Waals surface area contributed by atoms with Crippen LogP contribution in [0.25, 0.3) is 0 Å². The minimum Gasteiger partial charge on any atom is -0.456 e. The lowest BCUT2D eigenvalue weighted by Crippen LogP contribution is -3.11. The second kappa shape index (κ2) is 10.7. The highest BCUT2D eigenvalue weighted by Crippen LogP contribution is 2.12. The fraction of sp³-hybridized carbons (Fsp3) is 0.333. The zero-order chi connectivity index (χ0) is 22.1. The standard InChI is InChI=1S/C21H27N3O5S/c1-4-24(5-2)14-15-29-20(25)17-8-10-18(11-9-17)22-21(26)23-30(27,28)19-12-6-16(3)7-13-19/h6-13H,4-5,14-15H2,1-3H3,(H2,22,23,26)/p+1. The quantitative estimate of drug-likeness (QED) is 0.520. The van der Waals surface area contributed by atoms with E-state index in [-0.39, 0.29) is 4.90 Å². The molecule has 0 radical (unpaired) electrons. The lowest BCUT2D eigenvalue weighted by atomic mass is 10.2. The molecule has 2 amide bonds. The molecule has 30 heavy (non-hydrogen) atoms. The van der Waals surface area contributed by atoms with Crippen LogP contribution in [0, 0.1) is 6.92 Å². The number of carbonyl (C=O) groups is 2. The van der Waals surface area contributed by atoms with Gasteiger partial charge in [-0.3, -0.25) is 0 Å². The van der Waals surface area contributed by atoms with Crippen molar-refractivity contribution in [1.29, 1.82) is 0 Å². The van der Waals surface area contributed by atoms with Crippen LogP contribution in [0.1, 0.15) is 29.8 Å². The van der Waals surface area contributed by atoms with Gasteiger partial charge in [-0.2, -0.15) is 0 Å². The molecule has 0 fully saturated rings. The Morgan fingerprint density at radius 1 is 0.967 bits per heavy atom. The molecule has 2 aromatic rings. The van der Waals surface area contributed by atoms with Crippen molar-refractivity contribution >= 4 is 27.7 Å². The number of ether oxygens (including phenoxy) is 1. The molecule has 0 aliphatic carbocycles. The number of rotatable bonds is 9. The van der Waals surface area contributed by atoms with Crippen LogP contribution in [0.5, 0.6) is 0 Å². The lowest BCUT2D eigenvalue weighted by molar-refractivity contribution is -0.896. The highest BCUT2D eigenvalue weighted by atomic mass is 32.2. The van der Waals surface area contributed by atoms with E-state index >= 15 is 0 Å². The topological polar surface area (TPSA) is 106 Å². The van der Waals surface area contributed by atoms with Crippen LogP contribution < -0.4 is 14.9 Å². The van der Waals surface area contributed by atoms with Gasteiger partial charge in [0, 0.05) is 5.69 Å². The highest BCUT2D eigenvalue weighted by molar-refractivity contribution is 7.90. The van der Waals surface area contributed by atoms with Crippen molar-refractivity contribution < 1.29 is 27.6 Å². The smallest absolute Gasteiger partial charge is 0.338 e. The van der Waals surface area contributed by atoms with Gasteiger partial charge in [0.25, 0.3) is 10.0 Å². The summed E-state index contributed by atoms with van der Waals surface area (Å²) in [4.78, 5) is 25.5. The van der Waals surface area contributed by atoms with E-state index in [9.17, 15) is 18.0 Å². The third-order valence-electron chi connectivity index (χ3n) is 4.63. The third-order valence-corrected chi connectivity index (χ3v) is 5.97. The van der Waals surface area contributed by atoms with Gasteiger partial charge in [-0.25, -0.2) is 22.7 Å². The van der Waals surface area contributed by atoms with Crippen LogP contribution in [-0.2, 0) is 14.8 Å². The van der Waals surface area contributed by atoms with Crippen molar-refractivity contribution in [3.8, 4) is 0 Å². The summed E-state index contributed by atoms with van der Waals surface area (Å²) < 4.78 is 31.7. The summed E-state index contributed by atoms with van der Waals surface area (Å²) in [6.45, 7) is 9.00. The van der Waals surface area contributed by atoms with Crippen LogP contribution in [0.4, 0.5) is 10.5 Å². The number of urea groups is 1. The lowest BCUT2D eigenvalue weighted by Gasteiger charge is -2.15. The van der Waals surface area contributed by atoms with Crippen molar-refractivity contribution in [3.05, 3.63) is 59.7 Å². The molecular weight excluding hydrogens is 406 g/mol. The van der Waals surface area contributed by atoms with E-state index in [0.717, 1.165) is 25.2 Å². The summed E-state index contributed by atoms with van der Waals surface area (Å²) in [5.74, 6) is -0.445. The second-order valence-corrected chi connectivity index (χ2v) is 8.48. The van der Waals surface area contributed by atoms with Gasteiger partial charge in [0.2, 0.25) is 0 Å². The number of benzene rings is 2. The molecule has 0 heterocycles. The summed E-state index contributed by atoms with van der Waals surface area (Å²) in [7, 11) is -3.98. The van der Waals surface area contributed by atoms with Gasteiger partial charge in [0.1, 0.15) is 13.2 Å². The van der Waals surface area contributed by atoms with Crippen molar-refractivity contribution in [3.63, 3.8) is 0 Å². The molecule has 0 aliphatic heterocycles. The zero-order valence-corrected chi connectivity index (χ0v) is 18.2. The van der Waals surface area contributed by atoms with Crippen LogP contribution in [0.2, 0.25) is 0 Å². The van der Waals surface area contributed by atoms with Crippen LogP contribution in [-0.4, -0.2) is 46.7 Å². The number of nitrogens with one attached hydrogen (secondary N) is 3. The average Bonchev–Trinajstić information content (AvgIpc) is 2.71. The Balaban J connectivity index is 1.89. The van der Waals surface area contributed by atoms with Crippen molar-refractivity contribution in [1.82, 2.24) is 4.72 Å². The van der Waals surface area contributed by atoms with E-state index in [1.165, 1.54) is 41.3 Å². The van der Waals surface area contributed by atoms with Gasteiger partial charge in [-0.1, -0.05) is 17.7 Å². The average molecular weight is 435 g/mol. The Morgan fingerprint density at radius 2 is 1.57 bits per heavy atom. The first-order valence-electron chi connectivity index (χ1n) is 9.76. The molecule has 9 heteroatoms. The van der Waals surface area contributed by atoms with Gasteiger partial charge < -0.3 is 15.0 Å². The van der Waals surface area contributed by atoms with E-state index in [0.29, 0.717) is 17.9 Å². The van der Waals surface area contributed by atoms with Crippen LogP contribution >= 0.6 is 0 Å². The number of likely N-dealkylation sites (N-methyl/N-ethyl adjacent to an activating group) is 1. The van der Waals surface area contributed by atoms with E-state index in [1.54, 1.807) is 12.1 Å². The number of aryl methyl sites for hydroxylation is 1. The summed E-state index contributed by atoms with van der Waals surface area (Å²) in [5.41, 5.74) is 1.60. The van der Waals surface area contributed by atoms with Gasteiger partial charge in [-0.05, 0) is 57.2 Å². The van der Waals surface area contributed by atoms with Gasteiger partial charge in [0.15, 0.2) is 0 Å². The summed E-state index contributed by atoms with van der Waals surface area (Å²) in [6, 6.07) is 11.3. The Labute approximate surface area is 177 Å². The molecule has 0 aliphatic rings. The molecule has 0 aromatic heterocycles. The van der Waals surface area contributed by atoms with E-state index in [1.807, 2.05) is 11.6 Å². The molecule has 0 bridgehead atoms. The molecule has 0 unspecified atom stereocenters. The largest absolute Gasteiger partial charge is 0.456 e. The zero-order valence-electron chi connectivity index (χ0n) is 17.4. The Hall–Kier alpha value is -2.91. The number of amides is 2. The van der Waals surface area contributed by atoms with Crippen LogP contribution in [0.3, 0.4) is 0 Å². The number of sulfonamides is 1. The molecule has 2 rings (SSSR count). The second-order valence-electron chi connectivity index (χ2n) is 6.79. The fourth-order valence-electron chi connectivity index (χ4n) is 2.72. The molecular formula is C21H28N3O5S+. The number of esters is 1. The summed E-state index contributed by atoms with van der Waals surface area (Å²) >= 11 is 0. The molecule has 2 aromatic carbocycles. The first kappa shape index (κ1) is 23.4. The number of hydrogen-bond donors (Lipinski definition) is 3. The monoisotopic (exact) mass is 434 g/mol. The highest BCUT2D eigenvalue weighted by Gasteiger charge is 2.17. The Bertz CT molecular complexity index is 953. The van der Waals surface area contributed by atoms with Crippen LogP contribution in [0.15, 0.2) is 53.4 Å². The molecule has 162 valence electrons. The molecule has 8 nitrogen and oxygen atoms in total. The number of carbonyl (C=O) groups excluding carboxylic acids is 2. The first-order valence-corrected chi connectivity index (χ1v) is 11.2. The Kier molecular flexibility index (Phi) is 8.37. The van der Waals surface area contributed by atoms with E-state index in [2.05, 4.69) is 19.2 Å². The third kappa shape index (κ3) is 6.85. The number of hydrogen-bond acceptors (Lipinski definition) is 5. The number of quaternary nitrogens is 1. The van der Waals surface area contributed by atoms with Gasteiger partial charge in [0.05, 0.1) is 23.5 Å². The van der Waals surface area contributed by atoms with Gasteiger partial charge >= 0.3 is 12.0 Å². The minimum absolute atomic E-state index is 0.00658. The molecule has 0 spiro atoms. The summed E-state index contributed by atoms with van der Waals surface area (Å²) in [5, 5.41) is 2.43. The Morgan fingerprint density at radius 3 is 2.13 bits per heavy atom. The maximum atomic E-state index is 12.2. The SMILES string of the molecule is CC[NH+](CC)CCOC(=O)c1ccc(NC(=O)NS(=O)(=O)c2ccc(C)cc2)cc1. The molecule has 0 atom stereocenters. The van der Waals surface area contributed by atoms with Gasteiger partial charge in [-0.15, -0.1) is 0 Å². The van der Waals surface area contributed by atoms with Crippen molar-refractivity contribution in [2.75, 3.05) is 31.6 Å². The normalized spacial score (nSPS) is 11.2. The molecule has 0 saturated heterocycles. The predicted molar refractivity (Wildman–Crippen MR) is 114 cm³/mol. The predicted octanol–water partition coefficient (Wildman–Crippen LogP) is 1.59. The maximum Gasteiger partial charge on any atom is 0.338 e. The van der Waals surface area contributed by atoms with Crippen molar-refractivity contribution in [2.24, 2.45) is 0 Å². The number of anilines is 1. The minimum atomic E-state index is -3.98. The molecule has 3 N–H and O–H groups in total. The maximum absolute atomic E-state index is 12.2.